The van der Waals surface area contributed by atoms with Crippen LogP contribution in [0.3, 0.4) is 0 Å². The summed E-state index contributed by atoms with van der Waals surface area (Å²) in [4.78, 5) is 23.3. The van der Waals surface area contributed by atoms with Gasteiger partial charge in [-0.25, -0.2) is 0 Å². The van der Waals surface area contributed by atoms with E-state index in [-0.39, 0.29) is 36.4 Å². The van der Waals surface area contributed by atoms with E-state index in [1.54, 1.807) is 0 Å². The van der Waals surface area contributed by atoms with Gasteiger partial charge in [-0.1, -0.05) is 71.6 Å². The molecule has 0 amide bonds. The first kappa shape index (κ1) is 24.2. The number of ether oxygens (including phenoxy) is 3. The molecule has 0 N–H and O–H groups in total. The lowest BCUT2D eigenvalue weighted by molar-refractivity contribution is -0.161. The van der Waals surface area contributed by atoms with Crippen molar-refractivity contribution in [2.45, 2.75) is 141 Å². The van der Waals surface area contributed by atoms with Gasteiger partial charge in [-0.3, -0.25) is 9.59 Å². The molecule has 168 valence electrons. The number of rotatable bonds is 15. The zero-order chi connectivity index (χ0) is 20.9. The van der Waals surface area contributed by atoms with Gasteiger partial charge in [-0.15, -0.1) is 0 Å². The van der Waals surface area contributed by atoms with Crippen LogP contribution >= 0.6 is 0 Å². The number of cyclic esters (lactones) is 1. The molecular formula is C24H42O5. The molecule has 5 nitrogen and oxygen atoms in total. The highest BCUT2D eigenvalue weighted by atomic mass is 16.6. The zero-order valence-corrected chi connectivity index (χ0v) is 18.7. The van der Waals surface area contributed by atoms with Crippen molar-refractivity contribution < 1.29 is 23.8 Å². The van der Waals surface area contributed by atoms with Gasteiger partial charge in [-0.2, -0.15) is 0 Å². The molecule has 0 aromatic rings. The minimum atomic E-state index is -0.168. The summed E-state index contributed by atoms with van der Waals surface area (Å²) in [7, 11) is 0. The SMILES string of the molecule is CCCCCCCCCCCC[C@@H](OC(=O)CC)[C@H]1CC[C@H]([C@H]2CCC(=O)O2)O1. The van der Waals surface area contributed by atoms with Gasteiger partial charge in [0, 0.05) is 12.8 Å². The molecule has 0 aromatic carbocycles. The number of esters is 2. The molecule has 29 heavy (non-hydrogen) atoms. The van der Waals surface area contributed by atoms with Gasteiger partial charge >= 0.3 is 11.9 Å². The fraction of sp³-hybridized carbons (Fsp3) is 0.917. The summed E-state index contributed by atoms with van der Waals surface area (Å²) in [5, 5.41) is 0. The number of unbranched alkanes of at least 4 members (excludes halogenated alkanes) is 9. The van der Waals surface area contributed by atoms with Crippen LogP contribution in [-0.2, 0) is 23.8 Å². The molecule has 2 heterocycles. The fourth-order valence-electron chi connectivity index (χ4n) is 4.45. The van der Waals surface area contributed by atoms with E-state index in [2.05, 4.69) is 6.92 Å². The minimum absolute atomic E-state index is 0.0398. The Hall–Kier alpha value is -1.10. The van der Waals surface area contributed by atoms with Crippen LogP contribution in [0.4, 0.5) is 0 Å². The predicted octanol–water partition coefficient (Wildman–Crippen LogP) is 5.87. The Morgan fingerprint density at radius 3 is 2.17 bits per heavy atom. The van der Waals surface area contributed by atoms with Crippen molar-refractivity contribution in [2.24, 2.45) is 0 Å². The number of carbonyl (C=O) groups is 2. The maximum atomic E-state index is 11.9. The Morgan fingerprint density at radius 1 is 0.931 bits per heavy atom. The second-order valence-corrected chi connectivity index (χ2v) is 8.71. The average Bonchev–Trinajstić information content (AvgIpc) is 3.37. The third kappa shape index (κ3) is 9.06. The molecule has 2 aliphatic rings. The number of hydrogen-bond acceptors (Lipinski definition) is 5. The van der Waals surface area contributed by atoms with Gasteiger partial charge in [0.15, 0.2) is 0 Å². The van der Waals surface area contributed by atoms with E-state index in [4.69, 9.17) is 14.2 Å². The Bertz CT molecular complexity index is 478. The van der Waals surface area contributed by atoms with E-state index in [9.17, 15) is 9.59 Å². The van der Waals surface area contributed by atoms with Gasteiger partial charge in [-0.05, 0) is 32.1 Å². The van der Waals surface area contributed by atoms with Crippen molar-refractivity contribution in [1.82, 2.24) is 0 Å². The molecule has 0 radical (unpaired) electrons. The normalized spacial score (nSPS) is 25.2. The second kappa shape index (κ2) is 14.0. The van der Waals surface area contributed by atoms with E-state index < -0.39 is 0 Å². The highest BCUT2D eigenvalue weighted by Crippen LogP contribution is 2.32. The summed E-state index contributed by atoms with van der Waals surface area (Å²) >= 11 is 0. The van der Waals surface area contributed by atoms with Crippen LogP contribution in [0.5, 0.6) is 0 Å². The van der Waals surface area contributed by atoms with E-state index in [0.717, 1.165) is 32.1 Å². The van der Waals surface area contributed by atoms with Crippen molar-refractivity contribution >= 4 is 11.9 Å². The monoisotopic (exact) mass is 410 g/mol. The molecule has 2 rings (SSSR count). The van der Waals surface area contributed by atoms with Crippen molar-refractivity contribution in [3.63, 3.8) is 0 Å². The van der Waals surface area contributed by atoms with Gasteiger partial charge in [0.2, 0.25) is 0 Å². The van der Waals surface area contributed by atoms with Crippen LogP contribution in [0.1, 0.15) is 117 Å². The van der Waals surface area contributed by atoms with Gasteiger partial charge in [0.25, 0.3) is 0 Å². The second-order valence-electron chi connectivity index (χ2n) is 8.71. The molecule has 0 bridgehead atoms. The van der Waals surface area contributed by atoms with E-state index >= 15 is 0 Å². The van der Waals surface area contributed by atoms with Gasteiger partial charge < -0.3 is 14.2 Å². The van der Waals surface area contributed by atoms with Crippen molar-refractivity contribution in [1.29, 1.82) is 0 Å². The Morgan fingerprint density at radius 2 is 1.59 bits per heavy atom. The van der Waals surface area contributed by atoms with Gasteiger partial charge in [0.1, 0.15) is 12.2 Å². The van der Waals surface area contributed by atoms with Crippen LogP contribution in [0.2, 0.25) is 0 Å². The summed E-state index contributed by atoms with van der Waals surface area (Å²) in [5.41, 5.74) is 0. The lowest BCUT2D eigenvalue weighted by atomic mass is 10.0. The van der Waals surface area contributed by atoms with Crippen LogP contribution < -0.4 is 0 Å². The smallest absolute Gasteiger partial charge is 0.306 e. The van der Waals surface area contributed by atoms with Crippen molar-refractivity contribution in [3.05, 3.63) is 0 Å². The number of carbonyl (C=O) groups excluding carboxylic acids is 2. The lowest BCUT2D eigenvalue weighted by Gasteiger charge is -2.25. The van der Waals surface area contributed by atoms with Crippen molar-refractivity contribution in [2.75, 3.05) is 0 Å². The minimum Gasteiger partial charge on any atom is -0.460 e. The molecule has 0 spiro atoms. The molecule has 5 heteroatoms. The molecule has 4 atom stereocenters. The first-order chi connectivity index (χ1) is 14.1. The first-order valence-corrected chi connectivity index (χ1v) is 12.2. The summed E-state index contributed by atoms with van der Waals surface area (Å²) in [6.07, 6.45) is 16.8. The quantitative estimate of drug-likeness (QED) is 0.249. The maximum absolute atomic E-state index is 11.9. The maximum Gasteiger partial charge on any atom is 0.306 e. The summed E-state index contributed by atoms with van der Waals surface area (Å²) in [6, 6.07) is 0. The average molecular weight is 411 g/mol. The Labute approximate surface area is 177 Å². The van der Waals surface area contributed by atoms with Crippen molar-refractivity contribution in [3.8, 4) is 0 Å². The van der Waals surface area contributed by atoms with Gasteiger partial charge in [0.05, 0.1) is 12.2 Å². The highest BCUT2D eigenvalue weighted by Gasteiger charge is 2.40. The first-order valence-electron chi connectivity index (χ1n) is 12.2. The largest absolute Gasteiger partial charge is 0.460 e. The Balaban J connectivity index is 1.65. The molecule has 0 aliphatic carbocycles. The van der Waals surface area contributed by atoms with E-state index in [0.29, 0.717) is 12.8 Å². The predicted molar refractivity (Wildman–Crippen MR) is 114 cm³/mol. The molecule has 0 saturated carbocycles. The topological polar surface area (TPSA) is 61.8 Å². The molecular weight excluding hydrogens is 368 g/mol. The van der Waals surface area contributed by atoms with Crippen LogP contribution in [0, 0.1) is 0 Å². The standard InChI is InChI=1S/C24H42O5/c1-3-5-6-7-8-9-10-11-12-13-14-19(28-23(25)4-2)20-15-16-21(27-20)22-17-18-24(26)29-22/h19-22H,3-18H2,1-2H3/t19-,20-,21-,22-/m1/s1. The summed E-state index contributed by atoms with van der Waals surface area (Å²) < 4.78 is 17.3. The molecule has 0 unspecified atom stereocenters. The van der Waals surface area contributed by atoms with Crippen LogP contribution in [0.15, 0.2) is 0 Å². The molecule has 2 saturated heterocycles. The lowest BCUT2D eigenvalue weighted by Crippen LogP contribution is -2.34. The molecule has 2 fully saturated rings. The van der Waals surface area contributed by atoms with Crippen LogP contribution in [-0.4, -0.2) is 36.4 Å². The molecule has 0 aromatic heterocycles. The number of hydrogen-bond donors (Lipinski definition) is 0. The molecule has 2 aliphatic heterocycles. The summed E-state index contributed by atoms with van der Waals surface area (Å²) in [5.74, 6) is -0.275. The highest BCUT2D eigenvalue weighted by molar-refractivity contribution is 5.71. The Kier molecular flexibility index (Phi) is 11.7. The van der Waals surface area contributed by atoms with E-state index in [1.165, 1.54) is 57.8 Å². The third-order valence-corrected chi connectivity index (χ3v) is 6.24. The third-order valence-electron chi connectivity index (χ3n) is 6.24. The summed E-state index contributed by atoms with van der Waals surface area (Å²) in [6.45, 7) is 4.08. The van der Waals surface area contributed by atoms with E-state index in [1.807, 2.05) is 6.92 Å². The zero-order valence-electron chi connectivity index (χ0n) is 18.7. The van der Waals surface area contributed by atoms with Crippen LogP contribution in [0.25, 0.3) is 0 Å². The fourth-order valence-corrected chi connectivity index (χ4v) is 4.45.